The number of fused-ring (bicyclic) bond motifs is 1. The molecule has 1 N–H and O–H groups in total. The van der Waals surface area contributed by atoms with E-state index in [0.717, 1.165) is 5.39 Å². The highest BCUT2D eigenvalue weighted by Crippen LogP contribution is 2.16. The molecular weight excluding hydrogens is 282 g/mol. The summed E-state index contributed by atoms with van der Waals surface area (Å²) in [5.41, 5.74) is 0.940. The fourth-order valence-electron chi connectivity index (χ4n) is 2.12. The number of carbonyl (C=O) groups is 2. The zero-order valence-corrected chi connectivity index (χ0v) is 12.1. The zero-order chi connectivity index (χ0) is 15.9. The summed E-state index contributed by atoms with van der Waals surface area (Å²) in [6.07, 6.45) is 1.95. The van der Waals surface area contributed by atoms with Crippen molar-refractivity contribution in [1.82, 2.24) is 10.3 Å². The van der Waals surface area contributed by atoms with E-state index in [-0.39, 0.29) is 12.8 Å². The van der Waals surface area contributed by atoms with Crippen molar-refractivity contribution < 1.29 is 14.3 Å². The highest BCUT2D eigenvalue weighted by atomic mass is 16.5. The lowest BCUT2D eigenvalue weighted by atomic mass is 10.1. The smallest absolute Gasteiger partial charge is 0.328 e. The van der Waals surface area contributed by atoms with Crippen LogP contribution < -0.4 is 5.32 Å². The van der Waals surface area contributed by atoms with Gasteiger partial charge in [0, 0.05) is 18.0 Å². The molecule has 0 bridgehead atoms. The zero-order valence-electron chi connectivity index (χ0n) is 12.1. The number of pyridine rings is 1. The van der Waals surface area contributed by atoms with E-state index in [9.17, 15) is 9.59 Å². The summed E-state index contributed by atoms with van der Waals surface area (Å²) >= 11 is 0. The Balaban J connectivity index is 2.25. The Hall–Kier alpha value is -2.94. The van der Waals surface area contributed by atoms with Crippen LogP contribution in [0.25, 0.3) is 10.9 Å². The molecule has 22 heavy (non-hydrogen) atoms. The molecule has 112 valence electrons. The highest BCUT2D eigenvalue weighted by molar-refractivity contribution is 6.06. The first-order chi connectivity index (χ1) is 10.7. The lowest BCUT2D eigenvalue weighted by molar-refractivity contribution is -0.143. The van der Waals surface area contributed by atoms with E-state index in [2.05, 4.69) is 15.0 Å². The molecule has 2 aromatic rings. The Bertz CT molecular complexity index is 731. The molecule has 6 nitrogen and oxygen atoms in total. The van der Waals surface area contributed by atoms with Gasteiger partial charge >= 0.3 is 5.97 Å². The third-order valence-electron chi connectivity index (χ3n) is 3.21. The minimum absolute atomic E-state index is 0.147. The number of amides is 1. The number of nitrogens with zero attached hydrogens (tertiary/aromatic N) is 2. The van der Waals surface area contributed by atoms with Crippen molar-refractivity contribution in [3.63, 3.8) is 0 Å². The number of benzene rings is 1. The molecule has 6 heteroatoms. The predicted octanol–water partition coefficient (Wildman–Crippen LogP) is 1.81. The first-order valence-corrected chi connectivity index (χ1v) is 6.76. The molecule has 1 atom stereocenters. The highest BCUT2D eigenvalue weighted by Gasteiger charge is 2.22. The lowest BCUT2D eigenvalue weighted by Crippen LogP contribution is -2.41. The van der Waals surface area contributed by atoms with Crippen LogP contribution in [0.15, 0.2) is 36.5 Å². The number of ether oxygens (including phenoxy) is 1. The number of hydrogen-bond acceptors (Lipinski definition) is 5. The van der Waals surface area contributed by atoms with Gasteiger partial charge in [-0.15, -0.1) is 0 Å². The van der Waals surface area contributed by atoms with Crippen LogP contribution >= 0.6 is 0 Å². The number of nitrogens with one attached hydrogen (secondary N) is 1. The van der Waals surface area contributed by atoms with Crippen LogP contribution in [-0.4, -0.2) is 30.0 Å². The minimum atomic E-state index is -0.851. The van der Waals surface area contributed by atoms with Gasteiger partial charge in [-0.25, -0.2) is 4.79 Å². The summed E-state index contributed by atoms with van der Waals surface area (Å²) in [6.45, 7) is 0. The second kappa shape index (κ2) is 7.18. The van der Waals surface area contributed by atoms with E-state index in [1.807, 2.05) is 18.2 Å². The monoisotopic (exact) mass is 297 g/mol. The van der Waals surface area contributed by atoms with Crippen molar-refractivity contribution in [2.75, 3.05) is 7.11 Å². The van der Waals surface area contributed by atoms with Gasteiger partial charge in [-0.1, -0.05) is 18.2 Å². The Morgan fingerprint density at radius 1 is 1.36 bits per heavy atom. The fourth-order valence-corrected chi connectivity index (χ4v) is 2.12. The van der Waals surface area contributed by atoms with Gasteiger partial charge in [-0.3, -0.25) is 9.78 Å². The van der Waals surface area contributed by atoms with Crippen molar-refractivity contribution in [1.29, 1.82) is 5.26 Å². The molecule has 1 amide bonds. The van der Waals surface area contributed by atoms with Gasteiger partial charge < -0.3 is 10.1 Å². The summed E-state index contributed by atoms with van der Waals surface area (Å²) in [7, 11) is 1.24. The van der Waals surface area contributed by atoms with E-state index in [1.54, 1.807) is 24.4 Å². The summed E-state index contributed by atoms with van der Waals surface area (Å²) in [5, 5.41) is 12.1. The normalized spacial score (nSPS) is 11.5. The minimum Gasteiger partial charge on any atom is -0.467 e. The van der Waals surface area contributed by atoms with Crippen LogP contribution in [0.4, 0.5) is 0 Å². The number of rotatable bonds is 5. The topological polar surface area (TPSA) is 92.1 Å². The maximum absolute atomic E-state index is 12.4. The van der Waals surface area contributed by atoms with Crippen LogP contribution in [0, 0.1) is 11.3 Å². The maximum atomic E-state index is 12.4. The number of hydrogen-bond donors (Lipinski definition) is 1. The van der Waals surface area contributed by atoms with Crippen LogP contribution in [0.1, 0.15) is 23.2 Å². The summed E-state index contributed by atoms with van der Waals surface area (Å²) in [4.78, 5) is 28.3. The Morgan fingerprint density at radius 2 is 2.14 bits per heavy atom. The number of nitriles is 1. The van der Waals surface area contributed by atoms with E-state index in [1.165, 1.54) is 7.11 Å². The summed E-state index contributed by atoms with van der Waals surface area (Å²) in [6, 6.07) is 9.98. The molecule has 0 spiro atoms. The largest absolute Gasteiger partial charge is 0.467 e. The average molecular weight is 297 g/mol. The van der Waals surface area contributed by atoms with E-state index in [4.69, 9.17) is 5.26 Å². The standard InChI is InChI=1S/C16H15N3O3/c1-22-16(21)13(8-3-9-17)19-15(20)12-7-2-5-11-6-4-10-18-14(11)12/h2,4-7,10,13H,3,8H2,1H3,(H,19,20)/t13-/m0/s1. The first kappa shape index (κ1) is 15.4. The predicted molar refractivity (Wildman–Crippen MR) is 79.9 cm³/mol. The van der Waals surface area contributed by atoms with Gasteiger partial charge in [0.15, 0.2) is 0 Å². The molecule has 0 fully saturated rings. The van der Waals surface area contributed by atoms with Crippen LogP contribution in [0.2, 0.25) is 0 Å². The molecular formula is C16H15N3O3. The van der Waals surface area contributed by atoms with E-state index in [0.29, 0.717) is 11.1 Å². The molecule has 0 saturated carbocycles. The number of para-hydroxylation sites is 1. The molecule has 1 heterocycles. The first-order valence-electron chi connectivity index (χ1n) is 6.76. The average Bonchev–Trinajstić information content (AvgIpc) is 2.57. The molecule has 0 aliphatic carbocycles. The lowest BCUT2D eigenvalue weighted by Gasteiger charge is -2.15. The van der Waals surface area contributed by atoms with E-state index < -0.39 is 17.9 Å². The van der Waals surface area contributed by atoms with Crippen molar-refractivity contribution in [3.05, 3.63) is 42.1 Å². The summed E-state index contributed by atoms with van der Waals surface area (Å²) < 4.78 is 4.65. The number of methoxy groups -OCH3 is 1. The SMILES string of the molecule is COC(=O)[C@H](CCC#N)NC(=O)c1cccc2cccnc12. The molecule has 1 aromatic heterocycles. The number of carbonyl (C=O) groups excluding carboxylic acids is 2. The van der Waals surface area contributed by atoms with Crippen LogP contribution in [0.5, 0.6) is 0 Å². The quantitative estimate of drug-likeness (QED) is 0.850. The van der Waals surface area contributed by atoms with E-state index >= 15 is 0 Å². The van der Waals surface area contributed by atoms with Gasteiger partial charge in [0.25, 0.3) is 5.91 Å². The number of aromatic nitrogens is 1. The van der Waals surface area contributed by atoms with Gasteiger partial charge in [0.1, 0.15) is 6.04 Å². The van der Waals surface area contributed by atoms with Crippen molar-refractivity contribution in [2.45, 2.75) is 18.9 Å². The Morgan fingerprint density at radius 3 is 2.86 bits per heavy atom. The second-order valence-corrected chi connectivity index (χ2v) is 4.63. The van der Waals surface area contributed by atoms with Gasteiger partial charge in [0.05, 0.1) is 24.3 Å². The summed E-state index contributed by atoms with van der Waals surface area (Å²) in [5.74, 6) is -0.991. The van der Waals surface area contributed by atoms with Gasteiger partial charge in [-0.2, -0.15) is 5.26 Å². The van der Waals surface area contributed by atoms with Crippen molar-refractivity contribution in [3.8, 4) is 6.07 Å². The third kappa shape index (κ3) is 3.38. The molecule has 0 unspecified atom stereocenters. The maximum Gasteiger partial charge on any atom is 0.328 e. The number of esters is 1. The third-order valence-corrected chi connectivity index (χ3v) is 3.21. The Kier molecular flexibility index (Phi) is 5.04. The second-order valence-electron chi connectivity index (χ2n) is 4.63. The molecule has 0 aliphatic rings. The molecule has 0 aliphatic heterocycles. The van der Waals surface area contributed by atoms with Crippen molar-refractivity contribution in [2.24, 2.45) is 0 Å². The molecule has 1 aromatic carbocycles. The van der Waals surface area contributed by atoms with Crippen molar-refractivity contribution >= 4 is 22.8 Å². The molecule has 0 saturated heterocycles. The van der Waals surface area contributed by atoms with Gasteiger partial charge in [0.2, 0.25) is 0 Å². The Labute approximate surface area is 127 Å². The molecule has 0 radical (unpaired) electrons. The van der Waals surface area contributed by atoms with Crippen LogP contribution in [-0.2, 0) is 9.53 Å². The van der Waals surface area contributed by atoms with Crippen LogP contribution in [0.3, 0.4) is 0 Å². The fraction of sp³-hybridized carbons (Fsp3) is 0.250. The molecule has 2 rings (SSSR count). The van der Waals surface area contributed by atoms with Gasteiger partial charge in [-0.05, 0) is 18.6 Å².